The normalized spacial score (nSPS) is 13.2. The predicted molar refractivity (Wildman–Crippen MR) is 70.4 cm³/mol. The lowest BCUT2D eigenvalue weighted by Crippen LogP contribution is -2.33. The van der Waals surface area contributed by atoms with Crippen molar-refractivity contribution in [2.45, 2.75) is 18.6 Å². The minimum absolute atomic E-state index is 0.0108. The standard InChI is InChI=1S/C15H11F6NO/c16-10-3-1-8(2-4-10)13(22)9-5-11(17)7-12(6-9)23-15(20,21)14(18)19/h1-7,13-14H,22H2/t13-/m1/s1. The van der Waals surface area contributed by atoms with Crippen LogP contribution in [-0.2, 0) is 0 Å². The Hall–Kier alpha value is -2.22. The van der Waals surface area contributed by atoms with Crippen molar-refractivity contribution in [2.24, 2.45) is 5.73 Å². The number of rotatable bonds is 5. The minimum Gasteiger partial charge on any atom is -0.428 e. The van der Waals surface area contributed by atoms with E-state index in [1.54, 1.807) is 0 Å². The fourth-order valence-corrected chi connectivity index (χ4v) is 1.89. The molecule has 23 heavy (non-hydrogen) atoms. The van der Waals surface area contributed by atoms with Crippen LogP contribution in [0, 0.1) is 11.6 Å². The number of ether oxygens (including phenoxy) is 1. The second-order valence-corrected chi connectivity index (χ2v) is 4.71. The first kappa shape index (κ1) is 17.1. The van der Waals surface area contributed by atoms with Gasteiger partial charge in [0, 0.05) is 6.07 Å². The zero-order chi connectivity index (χ0) is 17.2. The fraction of sp³-hybridized carbons (Fsp3) is 0.200. The van der Waals surface area contributed by atoms with Gasteiger partial charge in [-0.2, -0.15) is 17.6 Å². The van der Waals surface area contributed by atoms with Gasteiger partial charge in [0.2, 0.25) is 0 Å². The summed E-state index contributed by atoms with van der Waals surface area (Å²) in [4.78, 5) is 0. The van der Waals surface area contributed by atoms with E-state index in [0.717, 1.165) is 24.3 Å². The van der Waals surface area contributed by atoms with Crippen molar-refractivity contribution in [3.8, 4) is 5.75 Å². The van der Waals surface area contributed by atoms with Crippen molar-refractivity contribution in [1.82, 2.24) is 0 Å². The molecule has 0 saturated carbocycles. The smallest absolute Gasteiger partial charge is 0.428 e. The third kappa shape index (κ3) is 4.16. The first-order chi connectivity index (χ1) is 10.7. The van der Waals surface area contributed by atoms with Crippen molar-refractivity contribution in [1.29, 1.82) is 0 Å². The molecule has 0 unspecified atom stereocenters. The quantitative estimate of drug-likeness (QED) is 0.829. The molecule has 0 radical (unpaired) electrons. The Kier molecular flexibility index (Phi) is 4.84. The SMILES string of the molecule is N[C@H](c1ccc(F)cc1)c1cc(F)cc(OC(F)(F)C(F)F)c1. The second kappa shape index (κ2) is 6.49. The van der Waals surface area contributed by atoms with Gasteiger partial charge >= 0.3 is 12.5 Å². The van der Waals surface area contributed by atoms with Gasteiger partial charge in [-0.05, 0) is 35.4 Å². The molecule has 124 valence electrons. The number of alkyl halides is 4. The highest BCUT2D eigenvalue weighted by Crippen LogP contribution is 2.31. The molecule has 2 rings (SSSR count). The van der Waals surface area contributed by atoms with Crippen LogP contribution in [-0.4, -0.2) is 12.5 Å². The van der Waals surface area contributed by atoms with Crippen molar-refractivity contribution in [3.63, 3.8) is 0 Å². The average Bonchev–Trinajstić information content (AvgIpc) is 2.46. The lowest BCUT2D eigenvalue weighted by Gasteiger charge is -2.19. The Labute approximate surface area is 127 Å². The molecule has 0 heterocycles. The van der Waals surface area contributed by atoms with Crippen LogP contribution >= 0.6 is 0 Å². The van der Waals surface area contributed by atoms with Crippen LogP contribution in [0.4, 0.5) is 26.3 Å². The Morgan fingerprint density at radius 1 is 0.870 bits per heavy atom. The lowest BCUT2D eigenvalue weighted by atomic mass is 9.99. The maximum Gasteiger partial charge on any atom is 0.461 e. The van der Waals surface area contributed by atoms with Gasteiger partial charge < -0.3 is 10.5 Å². The monoisotopic (exact) mass is 335 g/mol. The summed E-state index contributed by atoms with van der Waals surface area (Å²) in [5.74, 6) is -2.29. The van der Waals surface area contributed by atoms with E-state index >= 15 is 0 Å². The summed E-state index contributed by atoms with van der Waals surface area (Å²) >= 11 is 0. The Morgan fingerprint density at radius 2 is 1.48 bits per heavy atom. The second-order valence-electron chi connectivity index (χ2n) is 4.71. The van der Waals surface area contributed by atoms with Gasteiger partial charge in [0.15, 0.2) is 0 Å². The fourth-order valence-electron chi connectivity index (χ4n) is 1.89. The van der Waals surface area contributed by atoms with E-state index in [-0.39, 0.29) is 5.56 Å². The molecule has 0 aromatic heterocycles. The molecule has 0 aliphatic heterocycles. The number of benzene rings is 2. The molecular weight excluding hydrogens is 324 g/mol. The third-order valence-corrected chi connectivity index (χ3v) is 2.99. The Morgan fingerprint density at radius 3 is 2.04 bits per heavy atom. The van der Waals surface area contributed by atoms with Crippen molar-refractivity contribution < 1.29 is 31.1 Å². The summed E-state index contributed by atoms with van der Waals surface area (Å²) in [7, 11) is 0. The summed E-state index contributed by atoms with van der Waals surface area (Å²) in [5, 5.41) is 0. The van der Waals surface area contributed by atoms with E-state index in [2.05, 4.69) is 4.74 Å². The van der Waals surface area contributed by atoms with Crippen LogP contribution in [0.25, 0.3) is 0 Å². The molecule has 2 aromatic rings. The maximum atomic E-state index is 13.5. The zero-order valence-corrected chi connectivity index (χ0v) is 11.4. The summed E-state index contributed by atoms with van der Waals surface area (Å²) < 4.78 is 80.3. The summed E-state index contributed by atoms with van der Waals surface area (Å²) in [5.41, 5.74) is 6.24. The first-order valence-corrected chi connectivity index (χ1v) is 6.35. The van der Waals surface area contributed by atoms with E-state index in [9.17, 15) is 26.3 Å². The molecule has 0 amide bonds. The van der Waals surface area contributed by atoms with Gasteiger partial charge in [-0.25, -0.2) is 8.78 Å². The van der Waals surface area contributed by atoms with Gasteiger partial charge in [-0.15, -0.1) is 0 Å². The van der Waals surface area contributed by atoms with E-state index in [0.29, 0.717) is 11.6 Å². The van der Waals surface area contributed by atoms with Gasteiger partial charge in [-0.1, -0.05) is 12.1 Å². The van der Waals surface area contributed by atoms with Gasteiger partial charge in [0.1, 0.15) is 17.4 Å². The molecule has 0 aliphatic carbocycles. The highest BCUT2D eigenvalue weighted by atomic mass is 19.3. The van der Waals surface area contributed by atoms with Crippen LogP contribution in [0.5, 0.6) is 5.75 Å². The molecule has 0 bridgehead atoms. The first-order valence-electron chi connectivity index (χ1n) is 6.35. The van der Waals surface area contributed by atoms with Crippen LogP contribution in [0.2, 0.25) is 0 Å². The van der Waals surface area contributed by atoms with E-state index in [4.69, 9.17) is 5.73 Å². The van der Waals surface area contributed by atoms with E-state index in [1.165, 1.54) is 12.1 Å². The highest BCUT2D eigenvalue weighted by Gasteiger charge is 2.44. The van der Waals surface area contributed by atoms with E-state index < -0.39 is 36.0 Å². The summed E-state index contributed by atoms with van der Waals surface area (Å²) in [6, 6.07) is 6.34. The molecule has 0 aliphatic rings. The molecule has 1 atom stereocenters. The molecule has 0 saturated heterocycles. The van der Waals surface area contributed by atoms with Crippen molar-refractivity contribution in [2.75, 3.05) is 0 Å². The van der Waals surface area contributed by atoms with Crippen LogP contribution < -0.4 is 10.5 Å². The van der Waals surface area contributed by atoms with Gasteiger partial charge in [-0.3, -0.25) is 0 Å². The molecule has 2 N–H and O–H groups in total. The van der Waals surface area contributed by atoms with Crippen LogP contribution in [0.1, 0.15) is 17.2 Å². The van der Waals surface area contributed by atoms with Crippen LogP contribution in [0.3, 0.4) is 0 Å². The van der Waals surface area contributed by atoms with Crippen molar-refractivity contribution in [3.05, 3.63) is 65.2 Å². The third-order valence-electron chi connectivity index (χ3n) is 2.99. The number of halogens is 6. The molecule has 0 fully saturated rings. The molecule has 2 nitrogen and oxygen atoms in total. The molecule has 8 heteroatoms. The number of hydrogen-bond donors (Lipinski definition) is 1. The number of nitrogens with two attached hydrogens (primary N) is 1. The average molecular weight is 335 g/mol. The highest BCUT2D eigenvalue weighted by molar-refractivity contribution is 5.37. The summed E-state index contributed by atoms with van der Waals surface area (Å²) in [6.45, 7) is 0. The largest absolute Gasteiger partial charge is 0.461 e. The van der Waals surface area contributed by atoms with Gasteiger partial charge in [0.05, 0.1) is 6.04 Å². The number of hydrogen-bond acceptors (Lipinski definition) is 2. The lowest BCUT2D eigenvalue weighted by molar-refractivity contribution is -0.253. The van der Waals surface area contributed by atoms with Crippen LogP contribution in [0.15, 0.2) is 42.5 Å². The summed E-state index contributed by atoms with van der Waals surface area (Å²) in [6.07, 6.45) is -8.83. The Balaban J connectivity index is 2.31. The topological polar surface area (TPSA) is 35.2 Å². The van der Waals surface area contributed by atoms with Crippen molar-refractivity contribution >= 4 is 0 Å². The molecular formula is C15H11F6NO. The molecule has 0 spiro atoms. The zero-order valence-electron chi connectivity index (χ0n) is 11.4. The van der Waals surface area contributed by atoms with Gasteiger partial charge in [0.25, 0.3) is 0 Å². The van der Waals surface area contributed by atoms with E-state index in [1.807, 2.05) is 0 Å². The molecule has 2 aromatic carbocycles. The maximum absolute atomic E-state index is 13.5. The Bertz CT molecular complexity index is 674. The minimum atomic E-state index is -4.76. The predicted octanol–water partition coefficient (Wildman–Crippen LogP) is 4.25.